The summed E-state index contributed by atoms with van der Waals surface area (Å²) >= 11 is 16.5. The molecule has 1 heterocycles. The van der Waals surface area contributed by atoms with Gasteiger partial charge in [-0.15, -0.1) is 0 Å². The number of piperazine rings is 1. The Hall–Kier alpha value is 2.14. The van der Waals surface area contributed by atoms with Crippen molar-refractivity contribution in [2.24, 2.45) is 11.5 Å². The van der Waals surface area contributed by atoms with Crippen LogP contribution in [-0.2, 0) is 25.3 Å². The van der Waals surface area contributed by atoms with Gasteiger partial charge in [0.25, 0.3) is 0 Å². The van der Waals surface area contributed by atoms with Crippen molar-refractivity contribution >= 4 is 58.3 Å². The molecule has 0 atom stereocenters. The minimum Gasteiger partial charge on any atom is -0.415 e. The van der Waals surface area contributed by atoms with Crippen molar-refractivity contribution in [2.75, 3.05) is 26.2 Å². The van der Waals surface area contributed by atoms with E-state index in [0.717, 1.165) is 26.2 Å². The second-order valence-corrected chi connectivity index (χ2v) is 4.41. The molecule has 0 amide bonds. The molecular weight excluding hydrogens is 302 g/mol. The van der Waals surface area contributed by atoms with Crippen molar-refractivity contribution < 1.29 is 59.1 Å². The number of hydrogen-bond acceptors (Lipinski definition) is 6. The maximum absolute atomic E-state index is 4.66. The number of rotatable bonds is 0. The first-order valence-corrected chi connectivity index (χ1v) is 5.44. The zero-order valence-corrected chi connectivity index (χ0v) is 16.9. The molecule has 10 heteroatoms. The molecule has 1 fully saturated rings. The Morgan fingerprint density at radius 1 is 0.812 bits per heavy atom. The van der Waals surface area contributed by atoms with Crippen LogP contribution in [-0.4, -0.2) is 34.8 Å². The number of thiocarbonyl (C=S) groups is 2. The first-order valence-electron chi connectivity index (χ1n) is 3.81. The van der Waals surface area contributed by atoms with Gasteiger partial charge in [-0.2, -0.15) is 0 Å². The van der Waals surface area contributed by atoms with Gasteiger partial charge in [-0.25, -0.2) is 0 Å². The molecule has 0 bridgehead atoms. The Kier molecular flexibility index (Phi) is 37.2. The smallest absolute Gasteiger partial charge is 0.415 e. The van der Waals surface area contributed by atoms with E-state index in [1.807, 2.05) is 0 Å². The first kappa shape index (κ1) is 26.7. The number of nitrogens with two attached hydrogens (primary N) is 2. The van der Waals surface area contributed by atoms with E-state index >= 15 is 0 Å². The molecule has 0 aromatic heterocycles. The van der Waals surface area contributed by atoms with Crippen molar-refractivity contribution in [2.45, 2.75) is 0 Å². The van der Waals surface area contributed by atoms with E-state index in [2.05, 4.69) is 71.8 Å². The maximum Gasteiger partial charge on any atom is 1.00 e. The summed E-state index contributed by atoms with van der Waals surface area (Å²) in [6.45, 7) is 4.56. The zero-order valence-electron chi connectivity index (χ0n) is 9.62. The average molecular weight is 316 g/mol. The van der Waals surface area contributed by atoms with Crippen LogP contribution in [0, 0.1) is 0 Å². The molecule has 1 saturated heterocycles. The molecule has 1 aliphatic heterocycles. The molecule has 0 saturated carbocycles. The summed E-state index contributed by atoms with van der Waals surface area (Å²) in [6, 6.07) is 0. The fraction of sp³-hybridized carbons (Fsp3) is 0.667. The van der Waals surface area contributed by atoms with Gasteiger partial charge in [0.1, 0.15) is 0 Å². The monoisotopic (exact) mass is 316 g/mol. The maximum atomic E-state index is 4.66. The molecule has 0 aromatic carbocycles. The Morgan fingerprint density at radius 3 is 1.00 bits per heavy atom. The van der Waals surface area contributed by atoms with E-state index in [9.17, 15) is 0 Å². The molecule has 0 unspecified atom stereocenters. The Balaban J connectivity index is -0.0000000660. The van der Waals surface area contributed by atoms with Crippen molar-refractivity contribution in [3.63, 3.8) is 0 Å². The summed E-state index contributed by atoms with van der Waals surface area (Å²) in [7, 11) is 0. The number of nitrogens with one attached hydrogen (secondary N) is 2. The van der Waals surface area contributed by atoms with Crippen LogP contribution in [0.4, 0.5) is 0 Å². The van der Waals surface area contributed by atoms with E-state index in [-0.39, 0.29) is 67.8 Å². The predicted molar refractivity (Wildman–Crippen MR) is 74.0 cm³/mol. The van der Waals surface area contributed by atoms with Gasteiger partial charge in [-0.05, 0) is 0 Å². The van der Waals surface area contributed by atoms with Crippen LogP contribution in [0.5, 0.6) is 0 Å². The van der Waals surface area contributed by atoms with Crippen LogP contribution in [0.2, 0.25) is 0 Å². The summed E-state index contributed by atoms with van der Waals surface area (Å²) in [5.74, 6) is 0. The SMILES string of the molecule is C1CNCCN1.NC(=S)[S-].NC(=S)[S-].[Na+].[Na+]. The summed E-state index contributed by atoms with van der Waals surface area (Å²) in [5.41, 5.74) is 9.31. The molecule has 0 spiro atoms. The van der Waals surface area contributed by atoms with Crippen LogP contribution in [0.3, 0.4) is 0 Å². The molecule has 0 aliphatic carbocycles. The fourth-order valence-corrected chi connectivity index (χ4v) is 0.604. The van der Waals surface area contributed by atoms with Crippen LogP contribution < -0.4 is 81.2 Å². The van der Waals surface area contributed by atoms with Crippen LogP contribution in [0.1, 0.15) is 0 Å². The molecule has 1 rings (SSSR count). The molecule has 6 N–H and O–H groups in total. The Labute approximate surface area is 163 Å². The Bertz CT molecular complexity index is 137. The largest absolute Gasteiger partial charge is 1.00 e. The molecule has 0 radical (unpaired) electrons. The van der Waals surface area contributed by atoms with Crippen molar-refractivity contribution in [3.8, 4) is 0 Å². The molecule has 1 aliphatic rings. The molecule has 0 aromatic rings. The first-order chi connectivity index (χ1) is 6.46. The van der Waals surface area contributed by atoms with E-state index in [1.165, 1.54) is 0 Å². The fourth-order valence-electron chi connectivity index (χ4n) is 0.604. The van der Waals surface area contributed by atoms with E-state index in [1.54, 1.807) is 0 Å². The molecule has 84 valence electrons. The van der Waals surface area contributed by atoms with Crippen molar-refractivity contribution in [1.82, 2.24) is 10.6 Å². The van der Waals surface area contributed by atoms with Gasteiger partial charge in [-0.1, -0.05) is 8.64 Å². The summed E-state index contributed by atoms with van der Waals surface area (Å²) in [5, 5.41) is 6.44. The second-order valence-electron chi connectivity index (χ2n) is 2.14. The van der Waals surface area contributed by atoms with Crippen LogP contribution in [0.15, 0.2) is 0 Å². The van der Waals surface area contributed by atoms with E-state index in [4.69, 9.17) is 0 Å². The molecule has 4 nitrogen and oxygen atoms in total. The van der Waals surface area contributed by atoms with Gasteiger partial charge in [0, 0.05) is 26.2 Å². The third-order valence-corrected chi connectivity index (χ3v) is 0.957. The summed E-state index contributed by atoms with van der Waals surface area (Å²) < 4.78 is 0.167. The van der Waals surface area contributed by atoms with Gasteiger partial charge >= 0.3 is 59.1 Å². The number of hydrogen-bond donors (Lipinski definition) is 4. The van der Waals surface area contributed by atoms with Gasteiger partial charge in [0.15, 0.2) is 0 Å². The van der Waals surface area contributed by atoms with Crippen LogP contribution in [0.25, 0.3) is 0 Å². The van der Waals surface area contributed by atoms with Gasteiger partial charge in [0.2, 0.25) is 0 Å². The average Bonchev–Trinajstić information content (AvgIpc) is 2.05. The van der Waals surface area contributed by atoms with Gasteiger partial charge in [0.05, 0.1) is 0 Å². The second kappa shape index (κ2) is 22.3. The normalized spacial score (nSPS) is 12.0. The van der Waals surface area contributed by atoms with Crippen molar-refractivity contribution in [1.29, 1.82) is 0 Å². The summed E-state index contributed by atoms with van der Waals surface area (Å²) in [4.78, 5) is 0. The van der Waals surface area contributed by atoms with E-state index in [0.29, 0.717) is 0 Å². The predicted octanol–water partition coefficient (Wildman–Crippen LogP) is -7.26. The third kappa shape index (κ3) is 55.8. The zero-order chi connectivity index (χ0) is 11.4. The Morgan fingerprint density at radius 2 is 0.938 bits per heavy atom. The molecular formula is C6H14N4Na2S4. The third-order valence-electron chi connectivity index (χ3n) is 0.957. The topological polar surface area (TPSA) is 76.1 Å². The van der Waals surface area contributed by atoms with E-state index < -0.39 is 0 Å². The standard InChI is InChI=1S/C4H10N2.2CH3NS2.2Na/c1-2-6-4-3-5-1;2*2-1(3)4;;/h5-6H,1-4H2;2*(H3,2,3,4);;/q;;;2*+1/p-2. The van der Waals surface area contributed by atoms with Crippen molar-refractivity contribution in [3.05, 3.63) is 0 Å². The minimum atomic E-state index is 0. The summed E-state index contributed by atoms with van der Waals surface area (Å²) in [6.07, 6.45) is 0. The van der Waals surface area contributed by atoms with Gasteiger partial charge in [-0.3, -0.25) is 0 Å². The van der Waals surface area contributed by atoms with Gasteiger partial charge < -0.3 is 71.8 Å². The minimum absolute atomic E-state index is 0. The van der Waals surface area contributed by atoms with Crippen LogP contribution >= 0.6 is 24.4 Å². The molecule has 16 heavy (non-hydrogen) atoms. The quantitative estimate of drug-likeness (QED) is 0.200.